The number of ether oxygens (including phenoxy) is 1. The molecule has 0 saturated heterocycles. The Morgan fingerprint density at radius 3 is 2.48 bits per heavy atom. The first-order valence-electron chi connectivity index (χ1n) is 7.38. The van der Waals surface area contributed by atoms with Crippen molar-refractivity contribution in [3.05, 3.63) is 29.8 Å². The van der Waals surface area contributed by atoms with Crippen molar-refractivity contribution in [2.45, 2.75) is 37.1 Å². The van der Waals surface area contributed by atoms with Gasteiger partial charge >= 0.3 is 5.97 Å². The fraction of sp³-hybridized carbons (Fsp3) is 0.467. The number of hydrogen-bond acceptors (Lipinski definition) is 5. The van der Waals surface area contributed by atoms with Crippen LogP contribution >= 0.6 is 0 Å². The van der Waals surface area contributed by atoms with Crippen molar-refractivity contribution in [1.82, 2.24) is 10.0 Å². The van der Waals surface area contributed by atoms with E-state index in [1.165, 1.54) is 12.1 Å². The zero-order valence-electron chi connectivity index (χ0n) is 12.9. The normalized spacial score (nSPS) is 14.3. The lowest BCUT2D eigenvalue weighted by atomic mass is 10.2. The molecule has 1 aromatic rings. The van der Waals surface area contributed by atoms with E-state index in [4.69, 9.17) is 4.74 Å². The van der Waals surface area contributed by atoms with Gasteiger partial charge in [-0.15, -0.1) is 0 Å². The summed E-state index contributed by atoms with van der Waals surface area (Å²) in [4.78, 5) is 23.0. The van der Waals surface area contributed by atoms with Crippen LogP contribution in [0.5, 0.6) is 0 Å². The molecule has 0 bridgehead atoms. The molecule has 1 aliphatic rings. The Labute approximate surface area is 135 Å². The average Bonchev–Trinajstić information content (AvgIpc) is 3.29. The first-order valence-corrected chi connectivity index (χ1v) is 8.86. The second kappa shape index (κ2) is 7.56. The van der Waals surface area contributed by atoms with Gasteiger partial charge in [0, 0.05) is 12.6 Å². The van der Waals surface area contributed by atoms with Crippen LogP contribution in [0.2, 0.25) is 0 Å². The molecule has 2 rings (SSSR count). The number of carbonyl (C=O) groups excluding carboxylic acids is 2. The van der Waals surface area contributed by atoms with Gasteiger partial charge in [-0.3, -0.25) is 9.59 Å². The van der Waals surface area contributed by atoms with E-state index in [1.807, 2.05) is 6.92 Å². The summed E-state index contributed by atoms with van der Waals surface area (Å²) in [6.07, 6.45) is 1.78. The van der Waals surface area contributed by atoms with Crippen LogP contribution in [0.15, 0.2) is 29.2 Å². The molecular weight excluding hydrogens is 320 g/mol. The van der Waals surface area contributed by atoms with E-state index in [0.717, 1.165) is 18.4 Å². The lowest BCUT2D eigenvalue weighted by Crippen LogP contribution is -2.31. The fourth-order valence-electron chi connectivity index (χ4n) is 1.80. The highest BCUT2D eigenvalue weighted by atomic mass is 32.2. The number of rotatable bonds is 8. The van der Waals surface area contributed by atoms with Crippen molar-refractivity contribution in [2.24, 2.45) is 0 Å². The molecule has 0 radical (unpaired) electrons. The fourth-order valence-corrected chi connectivity index (χ4v) is 2.84. The van der Waals surface area contributed by atoms with Gasteiger partial charge in [-0.25, -0.2) is 13.1 Å². The summed E-state index contributed by atoms with van der Waals surface area (Å²) < 4.78 is 31.1. The maximum atomic E-state index is 12.0. The van der Waals surface area contributed by atoms with Crippen molar-refractivity contribution >= 4 is 21.9 Å². The molecule has 1 fully saturated rings. The Balaban J connectivity index is 1.69. The largest absolute Gasteiger partial charge is 0.456 e. The lowest BCUT2D eigenvalue weighted by molar-refractivity contribution is -0.148. The van der Waals surface area contributed by atoms with E-state index < -0.39 is 16.0 Å². The Morgan fingerprint density at radius 2 is 1.87 bits per heavy atom. The van der Waals surface area contributed by atoms with Gasteiger partial charge < -0.3 is 10.1 Å². The third-order valence-electron chi connectivity index (χ3n) is 3.26. The number of carbonyl (C=O) groups is 2. The molecule has 0 atom stereocenters. The average molecular weight is 340 g/mol. The molecule has 2 N–H and O–H groups in total. The summed E-state index contributed by atoms with van der Waals surface area (Å²) in [6.45, 7) is 1.44. The molecule has 8 heteroatoms. The van der Waals surface area contributed by atoms with E-state index >= 15 is 0 Å². The van der Waals surface area contributed by atoms with Crippen LogP contribution in [0.3, 0.4) is 0 Å². The number of nitrogens with one attached hydrogen (secondary N) is 2. The predicted molar refractivity (Wildman–Crippen MR) is 83.1 cm³/mol. The van der Waals surface area contributed by atoms with Crippen LogP contribution in [0, 0.1) is 6.92 Å². The van der Waals surface area contributed by atoms with Crippen LogP contribution in [0.25, 0.3) is 0 Å². The Hall–Kier alpha value is -1.93. The molecule has 0 spiro atoms. The molecule has 1 saturated carbocycles. The van der Waals surface area contributed by atoms with Gasteiger partial charge in [0.15, 0.2) is 6.61 Å². The van der Waals surface area contributed by atoms with E-state index in [9.17, 15) is 18.0 Å². The van der Waals surface area contributed by atoms with Gasteiger partial charge in [-0.2, -0.15) is 0 Å². The smallest absolute Gasteiger partial charge is 0.307 e. The van der Waals surface area contributed by atoms with Gasteiger partial charge in [0.05, 0.1) is 11.3 Å². The number of hydrogen-bond donors (Lipinski definition) is 2. The predicted octanol–water partition coefficient (Wildman–Crippen LogP) is 0.485. The summed E-state index contributed by atoms with van der Waals surface area (Å²) in [5.74, 6) is -0.955. The molecular formula is C15H20N2O5S. The number of amides is 1. The highest BCUT2D eigenvalue weighted by molar-refractivity contribution is 7.89. The zero-order chi connectivity index (χ0) is 16.9. The number of esters is 1. The molecule has 0 heterocycles. The summed E-state index contributed by atoms with van der Waals surface area (Å²) in [7, 11) is -3.65. The van der Waals surface area contributed by atoms with E-state index in [1.54, 1.807) is 12.1 Å². The van der Waals surface area contributed by atoms with Gasteiger partial charge in [-0.1, -0.05) is 17.7 Å². The molecule has 0 aromatic heterocycles. The lowest BCUT2D eigenvalue weighted by Gasteiger charge is -2.08. The van der Waals surface area contributed by atoms with Gasteiger partial charge in [0.1, 0.15) is 0 Å². The van der Waals surface area contributed by atoms with E-state index in [-0.39, 0.29) is 36.4 Å². The minimum atomic E-state index is -3.65. The summed E-state index contributed by atoms with van der Waals surface area (Å²) in [6, 6.07) is 6.60. The van der Waals surface area contributed by atoms with Crippen LogP contribution in [0.4, 0.5) is 0 Å². The molecule has 1 amide bonds. The highest BCUT2D eigenvalue weighted by Crippen LogP contribution is 2.18. The quantitative estimate of drug-likeness (QED) is 0.671. The SMILES string of the molecule is Cc1ccc(S(=O)(=O)NCCC(=O)OCC(=O)NC2CC2)cc1. The minimum Gasteiger partial charge on any atom is -0.456 e. The number of benzene rings is 1. The summed E-state index contributed by atoms with van der Waals surface area (Å²) >= 11 is 0. The molecule has 1 aliphatic carbocycles. The molecule has 1 aromatic carbocycles. The van der Waals surface area contributed by atoms with Gasteiger partial charge in [0.25, 0.3) is 5.91 Å². The topological polar surface area (TPSA) is 102 Å². The third-order valence-corrected chi connectivity index (χ3v) is 4.74. The molecule has 0 aliphatic heterocycles. The Kier molecular flexibility index (Phi) is 5.73. The maximum Gasteiger partial charge on any atom is 0.307 e. The third kappa shape index (κ3) is 5.99. The summed E-state index contributed by atoms with van der Waals surface area (Å²) in [5, 5.41) is 2.69. The molecule has 7 nitrogen and oxygen atoms in total. The van der Waals surface area contributed by atoms with Crippen molar-refractivity contribution in [3.63, 3.8) is 0 Å². The monoisotopic (exact) mass is 340 g/mol. The second-order valence-corrected chi connectivity index (χ2v) is 7.23. The maximum absolute atomic E-state index is 12.0. The minimum absolute atomic E-state index is 0.0840. The summed E-state index contributed by atoms with van der Waals surface area (Å²) in [5.41, 5.74) is 0.956. The highest BCUT2D eigenvalue weighted by Gasteiger charge is 2.23. The first-order chi connectivity index (χ1) is 10.9. The van der Waals surface area contributed by atoms with Crippen LogP contribution in [0.1, 0.15) is 24.8 Å². The standard InChI is InChI=1S/C15H20N2O5S/c1-11-2-6-13(7-3-11)23(20,21)16-9-8-15(19)22-10-14(18)17-12-4-5-12/h2-3,6-7,12,16H,4-5,8-10H2,1H3,(H,17,18). The van der Waals surface area contributed by atoms with Crippen LogP contribution in [-0.4, -0.2) is 39.5 Å². The van der Waals surface area contributed by atoms with E-state index in [2.05, 4.69) is 10.0 Å². The number of sulfonamides is 1. The number of aryl methyl sites for hydroxylation is 1. The zero-order valence-corrected chi connectivity index (χ0v) is 13.7. The molecule has 0 unspecified atom stereocenters. The molecule has 126 valence electrons. The van der Waals surface area contributed by atoms with Crippen LogP contribution < -0.4 is 10.0 Å². The van der Waals surface area contributed by atoms with Gasteiger partial charge in [0.2, 0.25) is 10.0 Å². The van der Waals surface area contributed by atoms with Crippen molar-refractivity contribution in [2.75, 3.05) is 13.2 Å². The Bertz CT molecular complexity index is 666. The Morgan fingerprint density at radius 1 is 1.22 bits per heavy atom. The van der Waals surface area contributed by atoms with Crippen molar-refractivity contribution in [3.8, 4) is 0 Å². The molecule has 23 heavy (non-hydrogen) atoms. The van der Waals surface area contributed by atoms with Gasteiger partial charge in [-0.05, 0) is 31.9 Å². The van der Waals surface area contributed by atoms with Crippen molar-refractivity contribution < 1.29 is 22.7 Å². The first kappa shape index (κ1) is 17.4. The van der Waals surface area contributed by atoms with Crippen molar-refractivity contribution in [1.29, 1.82) is 0 Å². The second-order valence-electron chi connectivity index (χ2n) is 5.46. The van der Waals surface area contributed by atoms with Crippen LogP contribution in [-0.2, 0) is 24.3 Å². The van der Waals surface area contributed by atoms with E-state index in [0.29, 0.717) is 0 Å².